The highest BCUT2D eigenvalue weighted by Crippen LogP contribution is 2.32. The number of carbonyl (C=O) groups excluding carboxylic acids is 1. The van der Waals surface area contributed by atoms with Gasteiger partial charge in [0.25, 0.3) is 0 Å². The smallest absolute Gasteiger partial charge is 0.310 e. The second kappa shape index (κ2) is 6.57. The van der Waals surface area contributed by atoms with Crippen LogP contribution >= 0.6 is 0 Å². The summed E-state index contributed by atoms with van der Waals surface area (Å²) in [6.45, 7) is 9.77. The van der Waals surface area contributed by atoms with Crippen LogP contribution in [-0.4, -0.2) is 59.5 Å². The minimum Gasteiger partial charge on any atom is -0.481 e. The predicted molar refractivity (Wildman–Crippen MR) is 78.5 cm³/mol. The lowest BCUT2D eigenvalue weighted by Gasteiger charge is -2.40. The molecule has 5 nitrogen and oxygen atoms in total. The van der Waals surface area contributed by atoms with Crippen LogP contribution in [0, 0.1) is 11.3 Å². The fourth-order valence-corrected chi connectivity index (χ4v) is 2.57. The monoisotopic (exact) mass is 284 g/mol. The van der Waals surface area contributed by atoms with Crippen molar-refractivity contribution in [1.82, 2.24) is 9.80 Å². The molecule has 0 aromatic carbocycles. The van der Waals surface area contributed by atoms with E-state index < -0.39 is 11.4 Å². The van der Waals surface area contributed by atoms with E-state index in [1.807, 2.05) is 18.7 Å². The Kier molecular flexibility index (Phi) is 5.57. The summed E-state index contributed by atoms with van der Waals surface area (Å²) in [5.41, 5.74) is -0.984. The lowest BCUT2D eigenvalue weighted by atomic mass is 9.76. The number of amides is 1. The zero-order valence-corrected chi connectivity index (χ0v) is 13.3. The average molecular weight is 284 g/mol. The molecule has 20 heavy (non-hydrogen) atoms. The Morgan fingerprint density at radius 3 is 2.40 bits per heavy atom. The van der Waals surface area contributed by atoms with E-state index in [1.54, 1.807) is 6.92 Å². The maximum atomic E-state index is 12.4. The first-order chi connectivity index (χ1) is 9.22. The Balaban J connectivity index is 2.73. The first kappa shape index (κ1) is 17.0. The summed E-state index contributed by atoms with van der Waals surface area (Å²) in [5.74, 6) is -0.990. The predicted octanol–water partition coefficient (Wildman–Crippen LogP) is 1.68. The minimum absolute atomic E-state index is 0.0323. The molecule has 1 aliphatic heterocycles. The molecule has 1 N–H and O–H groups in total. The van der Waals surface area contributed by atoms with Gasteiger partial charge in [-0.3, -0.25) is 14.5 Å². The molecule has 0 bridgehead atoms. The van der Waals surface area contributed by atoms with E-state index in [1.165, 1.54) is 0 Å². The molecule has 2 unspecified atom stereocenters. The van der Waals surface area contributed by atoms with Gasteiger partial charge in [-0.15, -0.1) is 0 Å². The molecule has 2 atom stereocenters. The SMILES string of the molecule is CCC1CN(C(=O)CC(C)(C(=O)O)C(C)C)CCN1C. The number of rotatable bonds is 5. The summed E-state index contributed by atoms with van der Waals surface area (Å²) < 4.78 is 0. The normalized spacial score (nSPS) is 23.7. The van der Waals surface area contributed by atoms with Gasteiger partial charge in [-0.05, 0) is 26.3 Å². The van der Waals surface area contributed by atoms with Gasteiger partial charge in [0.05, 0.1) is 5.41 Å². The van der Waals surface area contributed by atoms with Gasteiger partial charge in [0.2, 0.25) is 5.91 Å². The fraction of sp³-hybridized carbons (Fsp3) is 0.867. The largest absolute Gasteiger partial charge is 0.481 e. The van der Waals surface area contributed by atoms with E-state index >= 15 is 0 Å². The Labute approximate surface area is 121 Å². The first-order valence-electron chi connectivity index (χ1n) is 7.43. The molecule has 116 valence electrons. The third-order valence-electron chi connectivity index (χ3n) is 4.88. The van der Waals surface area contributed by atoms with Crippen LogP contribution < -0.4 is 0 Å². The third kappa shape index (κ3) is 3.51. The lowest BCUT2D eigenvalue weighted by Crippen LogP contribution is -2.54. The second-order valence-electron chi connectivity index (χ2n) is 6.44. The van der Waals surface area contributed by atoms with Crippen molar-refractivity contribution in [2.45, 2.75) is 46.6 Å². The molecule has 0 aromatic rings. The van der Waals surface area contributed by atoms with Crippen molar-refractivity contribution in [3.63, 3.8) is 0 Å². The van der Waals surface area contributed by atoms with Crippen LogP contribution in [0.25, 0.3) is 0 Å². The molecule has 1 saturated heterocycles. The minimum atomic E-state index is -0.984. The van der Waals surface area contributed by atoms with E-state index in [0.29, 0.717) is 19.1 Å². The molecule has 5 heteroatoms. The second-order valence-corrected chi connectivity index (χ2v) is 6.44. The summed E-state index contributed by atoms with van der Waals surface area (Å²) >= 11 is 0. The zero-order chi connectivity index (χ0) is 15.5. The summed E-state index contributed by atoms with van der Waals surface area (Å²) in [5, 5.41) is 9.41. The molecular weight excluding hydrogens is 256 g/mol. The van der Waals surface area contributed by atoms with Gasteiger partial charge in [0.1, 0.15) is 0 Å². The highest BCUT2D eigenvalue weighted by atomic mass is 16.4. The number of hydrogen-bond acceptors (Lipinski definition) is 3. The number of nitrogens with zero attached hydrogens (tertiary/aromatic N) is 2. The van der Waals surface area contributed by atoms with E-state index in [0.717, 1.165) is 13.0 Å². The number of carbonyl (C=O) groups is 2. The van der Waals surface area contributed by atoms with Crippen molar-refractivity contribution in [1.29, 1.82) is 0 Å². The van der Waals surface area contributed by atoms with Crippen LogP contribution in [0.5, 0.6) is 0 Å². The lowest BCUT2D eigenvalue weighted by molar-refractivity contribution is -0.156. The van der Waals surface area contributed by atoms with Crippen molar-refractivity contribution in [3.8, 4) is 0 Å². The molecular formula is C15H28N2O3. The summed E-state index contributed by atoms with van der Waals surface area (Å²) in [6.07, 6.45) is 1.08. The van der Waals surface area contributed by atoms with Crippen LogP contribution in [-0.2, 0) is 9.59 Å². The molecule has 0 spiro atoms. The molecule has 1 aliphatic rings. The average Bonchev–Trinajstić information content (AvgIpc) is 2.38. The number of hydrogen-bond donors (Lipinski definition) is 1. The Hall–Kier alpha value is -1.10. The van der Waals surface area contributed by atoms with Crippen molar-refractivity contribution in [2.75, 3.05) is 26.7 Å². The fourth-order valence-electron chi connectivity index (χ4n) is 2.57. The molecule has 1 heterocycles. The summed E-state index contributed by atoms with van der Waals surface area (Å²) in [6, 6.07) is 0.378. The van der Waals surface area contributed by atoms with Gasteiger partial charge in [0, 0.05) is 32.1 Å². The van der Waals surface area contributed by atoms with Crippen molar-refractivity contribution < 1.29 is 14.7 Å². The highest BCUT2D eigenvalue weighted by Gasteiger charge is 2.40. The molecule has 1 fully saturated rings. The number of aliphatic carboxylic acids is 1. The first-order valence-corrected chi connectivity index (χ1v) is 7.43. The van der Waals surface area contributed by atoms with E-state index in [2.05, 4.69) is 18.9 Å². The Bertz CT molecular complexity index is 370. The topological polar surface area (TPSA) is 60.9 Å². The quantitative estimate of drug-likeness (QED) is 0.834. The Morgan fingerprint density at radius 2 is 1.95 bits per heavy atom. The van der Waals surface area contributed by atoms with Gasteiger partial charge in [-0.2, -0.15) is 0 Å². The van der Waals surface area contributed by atoms with E-state index in [4.69, 9.17) is 0 Å². The van der Waals surface area contributed by atoms with E-state index in [9.17, 15) is 14.7 Å². The van der Waals surface area contributed by atoms with Gasteiger partial charge in [0.15, 0.2) is 0 Å². The maximum absolute atomic E-state index is 12.4. The number of carboxylic acid groups (broad SMARTS) is 1. The third-order valence-corrected chi connectivity index (χ3v) is 4.88. The van der Waals surface area contributed by atoms with Crippen LogP contribution in [0.3, 0.4) is 0 Å². The van der Waals surface area contributed by atoms with E-state index in [-0.39, 0.29) is 18.2 Å². The van der Waals surface area contributed by atoms with Crippen molar-refractivity contribution >= 4 is 11.9 Å². The van der Waals surface area contributed by atoms with Gasteiger partial charge < -0.3 is 10.0 Å². The molecule has 1 rings (SSSR count). The molecule has 0 aliphatic carbocycles. The van der Waals surface area contributed by atoms with Gasteiger partial charge in [-0.25, -0.2) is 0 Å². The summed E-state index contributed by atoms with van der Waals surface area (Å²) in [7, 11) is 2.07. The highest BCUT2D eigenvalue weighted by molar-refractivity contribution is 5.85. The number of carboxylic acids is 1. The molecule has 1 amide bonds. The molecule has 0 radical (unpaired) electrons. The maximum Gasteiger partial charge on any atom is 0.310 e. The molecule has 0 saturated carbocycles. The van der Waals surface area contributed by atoms with Crippen LogP contribution in [0.4, 0.5) is 0 Å². The molecule has 0 aromatic heterocycles. The van der Waals surface area contributed by atoms with Crippen LogP contribution in [0.1, 0.15) is 40.5 Å². The van der Waals surface area contributed by atoms with Crippen LogP contribution in [0.15, 0.2) is 0 Å². The number of piperazine rings is 1. The summed E-state index contributed by atoms with van der Waals surface area (Å²) in [4.78, 5) is 28.0. The van der Waals surface area contributed by atoms with Gasteiger partial charge >= 0.3 is 5.97 Å². The standard InChI is InChI=1S/C15H28N2O3/c1-6-12-10-17(8-7-16(12)5)13(18)9-15(4,11(2)3)14(19)20/h11-12H,6-10H2,1-5H3,(H,19,20). The number of likely N-dealkylation sites (N-methyl/N-ethyl adjacent to an activating group) is 1. The zero-order valence-electron chi connectivity index (χ0n) is 13.3. The Morgan fingerprint density at radius 1 is 1.35 bits per heavy atom. The van der Waals surface area contributed by atoms with Crippen molar-refractivity contribution in [3.05, 3.63) is 0 Å². The van der Waals surface area contributed by atoms with Crippen molar-refractivity contribution in [2.24, 2.45) is 11.3 Å². The van der Waals surface area contributed by atoms with Crippen LogP contribution in [0.2, 0.25) is 0 Å². The van der Waals surface area contributed by atoms with Gasteiger partial charge in [-0.1, -0.05) is 20.8 Å².